The van der Waals surface area contributed by atoms with Crippen LogP contribution in [0.25, 0.3) is 0 Å². The van der Waals surface area contributed by atoms with Crippen molar-refractivity contribution >= 4 is 11.8 Å². The molecule has 1 aliphatic rings. The van der Waals surface area contributed by atoms with Gasteiger partial charge in [0.15, 0.2) is 0 Å². The Morgan fingerprint density at radius 2 is 2.25 bits per heavy atom. The zero-order chi connectivity index (χ0) is 9.14. The molecule has 3 heteroatoms. The zero-order valence-corrected chi connectivity index (χ0v) is 7.50. The third-order valence-corrected chi connectivity index (χ3v) is 2.27. The van der Waals surface area contributed by atoms with Crippen LogP contribution in [0, 0.1) is 11.8 Å². The molecule has 2 atom stereocenters. The molecule has 1 aliphatic carbocycles. The largest absolute Gasteiger partial charge is 0.466 e. The maximum Gasteiger partial charge on any atom is 0.309 e. The predicted octanol–water partition coefficient (Wildman–Crippen LogP) is 1.16. The highest BCUT2D eigenvalue weighted by molar-refractivity contribution is 5.88. The highest BCUT2D eigenvalue weighted by Gasteiger charge is 2.35. The van der Waals surface area contributed by atoms with Crippen molar-refractivity contribution in [3.63, 3.8) is 0 Å². The highest BCUT2D eigenvalue weighted by Crippen LogP contribution is 2.29. The quantitative estimate of drug-likeness (QED) is 0.584. The number of ketones is 1. The second-order valence-corrected chi connectivity index (χ2v) is 3.28. The molecular weight excluding hydrogens is 156 g/mol. The Morgan fingerprint density at radius 1 is 1.58 bits per heavy atom. The molecule has 0 unspecified atom stereocenters. The monoisotopic (exact) mass is 170 g/mol. The number of hydrogen-bond acceptors (Lipinski definition) is 3. The first kappa shape index (κ1) is 9.23. The molecule has 0 bridgehead atoms. The van der Waals surface area contributed by atoms with E-state index in [9.17, 15) is 9.59 Å². The topological polar surface area (TPSA) is 43.4 Å². The Balaban J connectivity index is 2.52. The van der Waals surface area contributed by atoms with Crippen LogP contribution in [-0.2, 0) is 14.3 Å². The fourth-order valence-corrected chi connectivity index (χ4v) is 1.60. The Hall–Kier alpha value is -0.860. The number of esters is 1. The van der Waals surface area contributed by atoms with Crippen LogP contribution in [0.5, 0.6) is 0 Å². The van der Waals surface area contributed by atoms with E-state index in [2.05, 4.69) is 0 Å². The normalized spacial score (nSPS) is 29.0. The lowest BCUT2D eigenvalue weighted by molar-refractivity contribution is -0.149. The minimum absolute atomic E-state index is 0.163. The summed E-state index contributed by atoms with van der Waals surface area (Å²) in [7, 11) is 0. The second-order valence-electron chi connectivity index (χ2n) is 3.28. The van der Waals surface area contributed by atoms with Crippen LogP contribution < -0.4 is 0 Å². The van der Waals surface area contributed by atoms with Crippen molar-refractivity contribution < 1.29 is 14.3 Å². The van der Waals surface area contributed by atoms with Gasteiger partial charge in [-0.05, 0) is 12.8 Å². The van der Waals surface area contributed by atoms with E-state index in [4.69, 9.17) is 4.74 Å². The molecule has 0 aromatic carbocycles. The maximum absolute atomic E-state index is 11.2. The van der Waals surface area contributed by atoms with Crippen molar-refractivity contribution in [1.82, 2.24) is 0 Å². The Morgan fingerprint density at radius 3 is 2.67 bits per heavy atom. The van der Waals surface area contributed by atoms with Gasteiger partial charge in [0.05, 0.1) is 12.5 Å². The molecule has 1 rings (SSSR count). The molecule has 0 saturated heterocycles. The van der Waals surface area contributed by atoms with Gasteiger partial charge in [0.2, 0.25) is 0 Å². The summed E-state index contributed by atoms with van der Waals surface area (Å²) in [6.07, 6.45) is 0.906. The van der Waals surface area contributed by atoms with E-state index in [1.54, 1.807) is 6.92 Å². The first-order valence-electron chi connectivity index (χ1n) is 4.33. The van der Waals surface area contributed by atoms with Gasteiger partial charge in [-0.1, -0.05) is 6.92 Å². The number of rotatable bonds is 2. The van der Waals surface area contributed by atoms with Gasteiger partial charge in [0.25, 0.3) is 0 Å². The van der Waals surface area contributed by atoms with E-state index in [0.29, 0.717) is 19.4 Å². The number of Topliss-reactive ketones (excluding diaryl/α,β-unsaturated/α-hetero) is 1. The Kier molecular flexibility index (Phi) is 2.84. The average molecular weight is 170 g/mol. The van der Waals surface area contributed by atoms with Crippen LogP contribution in [-0.4, -0.2) is 18.4 Å². The molecule has 0 N–H and O–H groups in total. The molecular formula is C9H14O3. The molecule has 0 spiro atoms. The van der Waals surface area contributed by atoms with Crippen LogP contribution in [0.4, 0.5) is 0 Å². The van der Waals surface area contributed by atoms with Crippen LogP contribution in [0.3, 0.4) is 0 Å². The first-order valence-corrected chi connectivity index (χ1v) is 4.33. The molecule has 0 radical (unpaired) electrons. The van der Waals surface area contributed by atoms with Crippen molar-refractivity contribution in [3.05, 3.63) is 0 Å². The Bertz CT molecular complexity index is 198. The van der Waals surface area contributed by atoms with E-state index in [1.165, 1.54) is 0 Å². The van der Waals surface area contributed by atoms with Gasteiger partial charge in [0, 0.05) is 12.8 Å². The highest BCUT2D eigenvalue weighted by atomic mass is 16.5. The van der Waals surface area contributed by atoms with E-state index in [-0.39, 0.29) is 23.6 Å². The zero-order valence-electron chi connectivity index (χ0n) is 7.50. The Labute approximate surface area is 72.1 Å². The second kappa shape index (κ2) is 3.70. The third kappa shape index (κ3) is 1.84. The van der Waals surface area contributed by atoms with E-state index in [0.717, 1.165) is 0 Å². The van der Waals surface area contributed by atoms with Crippen molar-refractivity contribution in [2.75, 3.05) is 6.61 Å². The van der Waals surface area contributed by atoms with Gasteiger partial charge >= 0.3 is 5.97 Å². The molecule has 0 amide bonds. The minimum atomic E-state index is -0.212. The molecule has 0 aromatic heterocycles. The SMILES string of the molecule is CCOC(=O)[C@@H]1CC(=O)C[C@@H]1C. The first-order chi connectivity index (χ1) is 5.65. The van der Waals surface area contributed by atoms with Gasteiger partial charge in [-0.25, -0.2) is 0 Å². The van der Waals surface area contributed by atoms with Crippen LogP contribution in [0.1, 0.15) is 26.7 Å². The van der Waals surface area contributed by atoms with Gasteiger partial charge in [-0.2, -0.15) is 0 Å². The summed E-state index contributed by atoms with van der Waals surface area (Å²) in [6, 6.07) is 0. The standard InChI is InChI=1S/C9H14O3/c1-3-12-9(11)8-5-7(10)4-6(8)2/h6,8H,3-5H2,1-2H3/t6-,8+/m0/s1. The lowest BCUT2D eigenvalue weighted by Gasteiger charge is -2.11. The van der Waals surface area contributed by atoms with E-state index < -0.39 is 0 Å². The number of hydrogen-bond donors (Lipinski definition) is 0. The fraction of sp³-hybridized carbons (Fsp3) is 0.778. The summed E-state index contributed by atoms with van der Waals surface area (Å²) in [5, 5.41) is 0. The van der Waals surface area contributed by atoms with Crippen molar-refractivity contribution in [2.45, 2.75) is 26.7 Å². The number of carbonyl (C=O) groups excluding carboxylic acids is 2. The van der Waals surface area contributed by atoms with Crippen molar-refractivity contribution in [1.29, 1.82) is 0 Å². The van der Waals surface area contributed by atoms with Gasteiger partial charge < -0.3 is 4.74 Å². The fourth-order valence-electron chi connectivity index (χ4n) is 1.60. The lowest BCUT2D eigenvalue weighted by atomic mass is 9.99. The average Bonchev–Trinajstić information content (AvgIpc) is 2.30. The molecule has 68 valence electrons. The van der Waals surface area contributed by atoms with Crippen molar-refractivity contribution in [3.8, 4) is 0 Å². The molecule has 1 saturated carbocycles. The third-order valence-electron chi connectivity index (χ3n) is 2.27. The van der Waals surface area contributed by atoms with Gasteiger partial charge in [-0.15, -0.1) is 0 Å². The molecule has 0 aromatic rings. The summed E-state index contributed by atoms with van der Waals surface area (Å²) in [5.41, 5.74) is 0. The van der Waals surface area contributed by atoms with Gasteiger partial charge in [-0.3, -0.25) is 9.59 Å². The summed E-state index contributed by atoms with van der Waals surface area (Å²) < 4.78 is 4.85. The molecule has 0 heterocycles. The molecule has 12 heavy (non-hydrogen) atoms. The summed E-state index contributed by atoms with van der Waals surface area (Å²) in [5.74, 6) is -0.0506. The number of carbonyl (C=O) groups is 2. The summed E-state index contributed by atoms with van der Waals surface area (Å²) in [4.78, 5) is 22.2. The minimum Gasteiger partial charge on any atom is -0.466 e. The smallest absolute Gasteiger partial charge is 0.309 e. The van der Waals surface area contributed by atoms with Gasteiger partial charge in [0.1, 0.15) is 5.78 Å². The van der Waals surface area contributed by atoms with Crippen LogP contribution in [0.2, 0.25) is 0 Å². The van der Waals surface area contributed by atoms with Crippen LogP contribution in [0.15, 0.2) is 0 Å². The molecule has 3 nitrogen and oxygen atoms in total. The summed E-state index contributed by atoms with van der Waals surface area (Å²) in [6.45, 7) is 4.10. The predicted molar refractivity (Wildman–Crippen MR) is 43.5 cm³/mol. The summed E-state index contributed by atoms with van der Waals surface area (Å²) >= 11 is 0. The van der Waals surface area contributed by atoms with E-state index >= 15 is 0 Å². The molecule has 1 fully saturated rings. The van der Waals surface area contributed by atoms with Crippen LogP contribution >= 0.6 is 0 Å². The lowest BCUT2D eigenvalue weighted by Crippen LogP contribution is -2.19. The molecule has 0 aliphatic heterocycles. The van der Waals surface area contributed by atoms with E-state index in [1.807, 2.05) is 6.92 Å². The maximum atomic E-state index is 11.2. The van der Waals surface area contributed by atoms with Crippen molar-refractivity contribution in [2.24, 2.45) is 11.8 Å². The number of ether oxygens (including phenoxy) is 1.